The fraction of sp³-hybridized carbons (Fsp3) is 0.333. The van der Waals surface area contributed by atoms with Crippen LogP contribution in [-0.4, -0.2) is 40.0 Å². The number of imidazole rings is 1. The van der Waals surface area contributed by atoms with Crippen molar-refractivity contribution >= 4 is 16.9 Å². The van der Waals surface area contributed by atoms with Crippen molar-refractivity contribution in [2.45, 2.75) is 19.4 Å². The second-order valence-electron chi connectivity index (χ2n) is 6.13. The largest absolute Gasteiger partial charge is 0.497 e. The van der Waals surface area contributed by atoms with Crippen molar-refractivity contribution in [1.29, 1.82) is 0 Å². The quantitative estimate of drug-likeness (QED) is 0.689. The maximum absolute atomic E-state index is 10.3. The average molecular weight is 356 g/mol. The van der Waals surface area contributed by atoms with Gasteiger partial charge in [0.05, 0.1) is 32.4 Å². The molecule has 0 spiro atoms. The molecule has 3 N–H and O–H groups in total. The van der Waals surface area contributed by atoms with Crippen molar-refractivity contribution in [1.82, 2.24) is 14.5 Å². The van der Waals surface area contributed by atoms with Gasteiger partial charge in [-0.05, 0) is 30.5 Å². The number of hydrogen-bond acceptors (Lipinski definition) is 7. The molecular formula is C18H20N4O4. The lowest BCUT2D eigenvalue weighted by Gasteiger charge is -2.13. The molecular weight excluding hydrogens is 336 g/mol. The molecule has 0 fully saturated rings. The summed E-state index contributed by atoms with van der Waals surface area (Å²) >= 11 is 0. The van der Waals surface area contributed by atoms with Gasteiger partial charge in [-0.25, -0.2) is 0 Å². The number of fused-ring (bicyclic) bond motifs is 3. The molecule has 8 heteroatoms. The Morgan fingerprint density at radius 3 is 2.73 bits per heavy atom. The molecule has 3 heterocycles. The Morgan fingerprint density at radius 2 is 1.92 bits per heavy atom. The Labute approximate surface area is 150 Å². The zero-order chi connectivity index (χ0) is 18.1. The third-order valence-electron chi connectivity index (χ3n) is 4.29. The Hall–Kier alpha value is -3.16. The van der Waals surface area contributed by atoms with Crippen molar-refractivity contribution in [3.05, 3.63) is 29.8 Å². The summed E-state index contributed by atoms with van der Waals surface area (Å²) in [6.07, 6.45) is 1.67. The van der Waals surface area contributed by atoms with Gasteiger partial charge in [-0.15, -0.1) is 0 Å². The van der Waals surface area contributed by atoms with Crippen molar-refractivity contribution in [3.63, 3.8) is 0 Å². The number of methoxy groups -OCH3 is 1. The fourth-order valence-electron chi connectivity index (χ4n) is 3.02. The lowest BCUT2D eigenvalue weighted by Crippen LogP contribution is -2.07. The van der Waals surface area contributed by atoms with Gasteiger partial charge < -0.3 is 25.1 Å². The fourth-order valence-corrected chi connectivity index (χ4v) is 3.02. The summed E-state index contributed by atoms with van der Waals surface area (Å²) in [4.78, 5) is 8.36. The highest BCUT2D eigenvalue weighted by Gasteiger charge is 2.16. The van der Waals surface area contributed by atoms with E-state index in [-0.39, 0.29) is 11.8 Å². The van der Waals surface area contributed by atoms with Gasteiger partial charge in [0.25, 0.3) is 6.01 Å². The number of rotatable bonds is 1. The number of nitrogens with two attached hydrogens (primary N) is 1. The number of ether oxygens (including phenoxy) is 3. The van der Waals surface area contributed by atoms with Crippen LogP contribution in [-0.2, 0) is 6.54 Å². The third kappa shape index (κ3) is 3.05. The number of aromatic nitrogens is 3. The van der Waals surface area contributed by atoms with Gasteiger partial charge in [-0.2, -0.15) is 9.97 Å². The highest BCUT2D eigenvalue weighted by molar-refractivity contribution is 5.87. The highest BCUT2D eigenvalue weighted by atomic mass is 16.5. The molecule has 136 valence electrons. The van der Waals surface area contributed by atoms with Gasteiger partial charge in [0.2, 0.25) is 5.88 Å². The molecule has 2 aromatic heterocycles. The summed E-state index contributed by atoms with van der Waals surface area (Å²) in [5, 5.41) is 10.3. The monoisotopic (exact) mass is 356 g/mol. The van der Waals surface area contributed by atoms with E-state index in [1.165, 1.54) is 0 Å². The maximum atomic E-state index is 10.3. The molecule has 4 bridgehead atoms. The first-order chi connectivity index (χ1) is 12.6. The molecule has 0 atom stereocenters. The van der Waals surface area contributed by atoms with Crippen LogP contribution in [0.2, 0.25) is 0 Å². The molecule has 1 aliphatic heterocycles. The van der Waals surface area contributed by atoms with Crippen LogP contribution in [0.25, 0.3) is 11.0 Å². The molecule has 1 aromatic carbocycles. The van der Waals surface area contributed by atoms with Gasteiger partial charge in [0.1, 0.15) is 17.0 Å². The van der Waals surface area contributed by atoms with Crippen molar-refractivity contribution < 1.29 is 19.3 Å². The first-order valence-electron chi connectivity index (χ1n) is 8.43. The molecule has 8 nitrogen and oxygen atoms in total. The number of benzene rings is 1. The average Bonchev–Trinajstić information content (AvgIpc) is 2.94. The predicted octanol–water partition coefficient (Wildman–Crippen LogP) is 2.33. The lowest BCUT2D eigenvalue weighted by atomic mass is 10.2. The Kier molecular flexibility index (Phi) is 4.16. The minimum atomic E-state index is -0.136. The second kappa shape index (κ2) is 6.62. The predicted molar refractivity (Wildman–Crippen MR) is 95.9 cm³/mol. The van der Waals surface area contributed by atoms with Gasteiger partial charge in [0, 0.05) is 12.1 Å². The molecule has 1 aliphatic rings. The molecule has 3 aromatic rings. The summed E-state index contributed by atoms with van der Waals surface area (Å²) in [6, 6.07) is 7.29. The van der Waals surface area contributed by atoms with E-state index in [4.69, 9.17) is 19.9 Å². The normalized spacial score (nSPS) is 14.5. The number of aromatic hydroxyl groups is 1. The minimum absolute atomic E-state index is 0.136. The second-order valence-corrected chi connectivity index (χ2v) is 6.13. The first-order valence-corrected chi connectivity index (χ1v) is 8.43. The molecule has 0 saturated carbocycles. The third-order valence-corrected chi connectivity index (χ3v) is 4.29. The zero-order valence-corrected chi connectivity index (χ0v) is 14.4. The van der Waals surface area contributed by atoms with E-state index < -0.39 is 0 Å². The number of nitrogen functional groups attached to an aromatic ring is 1. The van der Waals surface area contributed by atoms with E-state index >= 15 is 0 Å². The Balaban J connectivity index is 1.85. The summed E-state index contributed by atoms with van der Waals surface area (Å²) in [5.41, 5.74) is 8.01. The topological polar surface area (TPSA) is 105 Å². The van der Waals surface area contributed by atoms with Crippen LogP contribution in [0.15, 0.2) is 24.3 Å². The number of nitrogens with zero attached hydrogens (tertiary/aromatic N) is 3. The van der Waals surface area contributed by atoms with E-state index in [1.807, 2.05) is 18.2 Å². The van der Waals surface area contributed by atoms with Crippen LogP contribution in [0.3, 0.4) is 0 Å². The van der Waals surface area contributed by atoms with Crippen LogP contribution in [0.1, 0.15) is 18.4 Å². The summed E-state index contributed by atoms with van der Waals surface area (Å²) in [7, 11) is 1.61. The molecule has 26 heavy (non-hydrogen) atoms. The smallest absolute Gasteiger partial charge is 0.295 e. The molecule has 0 radical (unpaired) electrons. The van der Waals surface area contributed by atoms with Crippen LogP contribution < -0.4 is 19.9 Å². The van der Waals surface area contributed by atoms with Gasteiger partial charge in [0.15, 0.2) is 5.82 Å². The maximum Gasteiger partial charge on any atom is 0.295 e. The van der Waals surface area contributed by atoms with E-state index in [2.05, 4.69) is 9.97 Å². The summed E-state index contributed by atoms with van der Waals surface area (Å²) < 4.78 is 18.6. The zero-order valence-electron chi connectivity index (χ0n) is 14.4. The van der Waals surface area contributed by atoms with Gasteiger partial charge in [-0.1, -0.05) is 0 Å². The van der Waals surface area contributed by atoms with Crippen molar-refractivity contribution in [3.8, 4) is 23.4 Å². The van der Waals surface area contributed by atoms with Crippen molar-refractivity contribution in [2.24, 2.45) is 0 Å². The van der Waals surface area contributed by atoms with E-state index in [0.29, 0.717) is 42.4 Å². The summed E-state index contributed by atoms with van der Waals surface area (Å²) in [5.74, 6) is 2.07. The van der Waals surface area contributed by atoms with Crippen molar-refractivity contribution in [2.75, 3.05) is 26.1 Å². The minimum Gasteiger partial charge on any atom is -0.497 e. The number of pyridine rings is 1. The Morgan fingerprint density at radius 1 is 1.12 bits per heavy atom. The van der Waals surface area contributed by atoms with E-state index in [9.17, 15) is 5.11 Å². The standard InChI is InChI=1S/C18H20N4O4/c1-24-12-6-11-7-13(8-12)25-4-2-3-5-26-15-9-14-16(17(19)20-15)21-18(23)22(14)10-11/h6-9H,2-5,10H2,1H3,(H2,19,20)(H,21,23). The molecule has 0 aliphatic carbocycles. The van der Waals surface area contributed by atoms with Crippen LogP contribution in [0.5, 0.6) is 23.4 Å². The highest BCUT2D eigenvalue weighted by Crippen LogP contribution is 2.30. The molecule has 0 saturated heterocycles. The molecule has 0 unspecified atom stereocenters. The lowest BCUT2D eigenvalue weighted by molar-refractivity contribution is 0.260. The van der Waals surface area contributed by atoms with Gasteiger partial charge in [-0.3, -0.25) is 4.57 Å². The van der Waals surface area contributed by atoms with Crippen LogP contribution >= 0.6 is 0 Å². The van der Waals surface area contributed by atoms with Crippen LogP contribution in [0.4, 0.5) is 5.82 Å². The van der Waals surface area contributed by atoms with Crippen LogP contribution in [0, 0.1) is 0 Å². The first kappa shape index (κ1) is 16.3. The number of hydrogen-bond donors (Lipinski definition) is 2. The van der Waals surface area contributed by atoms with Gasteiger partial charge >= 0.3 is 0 Å². The molecule has 0 amide bonds. The Bertz CT molecular complexity index is 954. The van der Waals surface area contributed by atoms with E-state index in [1.54, 1.807) is 17.7 Å². The SMILES string of the molecule is COc1cc2cc(c1)OCCCCOc1cc3c(nc(O)n3C2)c(N)n1. The number of anilines is 1. The van der Waals surface area contributed by atoms with E-state index in [0.717, 1.165) is 24.2 Å². The molecule has 4 rings (SSSR count). The summed E-state index contributed by atoms with van der Waals surface area (Å²) in [6.45, 7) is 1.45.